The van der Waals surface area contributed by atoms with E-state index in [4.69, 9.17) is 10.5 Å². The van der Waals surface area contributed by atoms with Gasteiger partial charge < -0.3 is 20.9 Å². The van der Waals surface area contributed by atoms with Crippen molar-refractivity contribution in [2.75, 3.05) is 13.2 Å². The molecule has 1 aliphatic rings. The van der Waals surface area contributed by atoms with Crippen LogP contribution in [0.2, 0.25) is 0 Å². The van der Waals surface area contributed by atoms with Crippen molar-refractivity contribution in [2.24, 2.45) is 5.73 Å². The Labute approximate surface area is 144 Å². The molecule has 1 aromatic carbocycles. The average Bonchev–Trinajstić information content (AvgIpc) is 2.57. The fraction of sp³-hybridized carbons (Fsp3) is 0.632. The molecule has 1 aliphatic carbocycles. The molecule has 0 spiro atoms. The molecule has 0 heterocycles. The van der Waals surface area contributed by atoms with E-state index in [9.17, 15) is 9.90 Å². The zero-order chi connectivity index (χ0) is 17.7. The lowest BCUT2D eigenvalue weighted by Crippen LogP contribution is -2.58. The van der Waals surface area contributed by atoms with E-state index in [0.29, 0.717) is 6.54 Å². The zero-order valence-electron chi connectivity index (χ0n) is 15.0. The summed E-state index contributed by atoms with van der Waals surface area (Å²) in [4.78, 5) is 11.8. The maximum absolute atomic E-state index is 11.8. The molecule has 5 nitrogen and oxygen atoms in total. The van der Waals surface area contributed by atoms with E-state index in [1.807, 2.05) is 26.8 Å². The molecular formula is C19H30N2O3. The number of rotatable bonds is 7. The number of amides is 1. The second kappa shape index (κ2) is 7.99. The summed E-state index contributed by atoms with van der Waals surface area (Å²) in [7, 11) is 0. The quantitative estimate of drug-likeness (QED) is 0.713. The third-order valence-electron chi connectivity index (χ3n) is 5.15. The van der Waals surface area contributed by atoms with Gasteiger partial charge in [0.1, 0.15) is 18.5 Å². The maximum atomic E-state index is 11.8. The van der Waals surface area contributed by atoms with Crippen LogP contribution in [0.3, 0.4) is 0 Å². The summed E-state index contributed by atoms with van der Waals surface area (Å²) in [6.07, 6.45) is 3.91. The maximum Gasteiger partial charge on any atom is 0.237 e. The summed E-state index contributed by atoms with van der Waals surface area (Å²) >= 11 is 0. The molecule has 0 radical (unpaired) electrons. The number of aliphatic hydroxyl groups excluding tert-OH is 1. The largest absolute Gasteiger partial charge is 0.490 e. The van der Waals surface area contributed by atoms with E-state index in [1.54, 1.807) is 0 Å². The van der Waals surface area contributed by atoms with Gasteiger partial charge >= 0.3 is 0 Å². The molecule has 4 N–H and O–H groups in total. The van der Waals surface area contributed by atoms with Crippen LogP contribution in [0.4, 0.5) is 0 Å². The van der Waals surface area contributed by atoms with Crippen LogP contribution in [-0.2, 0) is 4.79 Å². The van der Waals surface area contributed by atoms with Gasteiger partial charge in [-0.2, -0.15) is 0 Å². The van der Waals surface area contributed by atoms with E-state index in [-0.39, 0.29) is 12.5 Å². The number of benzene rings is 1. The fourth-order valence-electron chi connectivity index (χ4n) is 3.36. The highest BCUT2D eigenvalue weighted by Gasteiger charge is 2.37. The number of aliphatic hydroxyl groups is 1. The molecule has 1 fully saturated rings. The van der Waals surface area contributed by atoms with Crippen molar-refractivity contribution >= 4 is 5.91 Å². The molecule has 0 aliphatic heterocycles. The van der Waals surface area contributed by atoms with Crippen LogP contribution in [0.25, 0.3) is 0 Å². The molecule has 0 aromatic heterocycles. The van der Waals surface area contributed by atoms with Gasteiger partial charge in [0.25, 0.3) is 0 Å². The fourth-order valence-corrected chi connectivity index (χ4v) is 3.36. The summed E-state index contributed by atoms with van der Waals surface area (Å²) in [6, 6.07) is 4.08. The van der Waals surface area contributed by atoms with Gasteiger partial charge in [0.2, 0.25) is 5.91 Å². The Balaban J connectivity index is 1.90. The Morgan fingerprint density at radius 3 is 2.50 bits per heavy atom. The second-order valence-electron chi connectivity index (χ2n) is 7.01. The zero-order valence-corrected chi connectivity index (χ0v) is 15.0. The Kier molecular flexibility index (Phi) is 6.24. The summed E-state index contributed by atoms with van der Waals surface area (Å²) < 4.78 is 5.84. The molecule has 1 aromatic rings. The van der Waals surface area contributed by atoms with Gasteiger partial charge in [0.05, 0.1) is 5.54 Å². The predicted molar refractivity (Wildman–Crippen MR) is 95.2 cm³/mol. The van der Waals surface area contributed by atoms with Crippen LogP contribution in [0, 0.1) is 20.8 Å². The van der Waals surface area contributed by atoms with E-state index in [1.165, 1.54) is 0 Å². The monoisotopic (exact) mass is 334 g/mol. The first-order valence-electron chi connectivity index (χ1n) is 8.78. The van der Waals surface area contributed by atoms with Gasteiger partial charge in [-0.05, 0) is 50.3 Å². The molecule has 24 heavy (non-hydrogen) atoms. The molecule has 1 saturated carbocycles. The topological polar surface area (TPSA) is 84.6 Å². The summed E-state index contributed by atoms with van der Waals surface area (Å²) in [5, 5.41) is 13.5. The number of hydrogen-bond donors (Lipinski definition) is 3. The Hall–Kier alpha value is -1.59. The lowest BCUT2D eigenvalue weighted by atomic mass is 9.81. The third-order valence-corrected chi connectivity index (χ3v) is 5.15. The lowest BCUT2D eigenvalue weighted by Gasteiger charge is -2.36. The van der Waals surface area contributed by atoms with Crippen LogP contribution in [0.1, 0.15) is 48.8 Å². The Morgan fingerprint density at radius 1 is 1.25 bits per heavy atom. The first-order valence-corrected chi connectivity index (χ1v) is 8.78. The van der Waals surface area contributed by atoms with E-state index < -0.39 is 11.6 Å². The van der Waals surface area contributed by atoms with Gasteiger partial charge in [-0.3, -0.25) is 4.79 Å². The smallest absolute Gasteiger partial charge is 0.237 e. The highest BCUT2D eigenvalue weighted by molar-refractivity contribution is 5.84. The SMILES string of the molecule is Cc1ccc(C)c(OCC(O)CNC2(C(N)=O)CCCCC2)c1C. The number of hydrogen-bond acceptors (Lipinski definition) is 4. The minimum Gasteiger partial charge on any atom is -0.490 e. The number of β-amino-alcohol motifs (C(OH)–C–C–N with tert-alkyl or cyclic N) is 1. The van der Waals surface area contributed by atoms with Crippen LogP contribution < -0.4 is 15.8 Å². The van der Waals surface area contributed by atoms with Crippen LogP contribution in [-0.4, -0.2) is 35.8 Å². The molecule has 0 bridgehead atoms. The number of ether oxygens (including phenoxy) is 1. The van der Waals surface area contributed by atoms with Crippen molar-refractivity contribution in [3.8, 4) is 5.75 Å². The van der Waals surface area contributed by atoms with Crippen LogP contribution in [0.15, 0.2) is 12.1 Å². The normalized spacial score (nSPS) is 18.2. The minimum atomic E-state index is -0.692. The number of aryl methyl sites for hydroxylation is 2. The van der Waals surface area contributed by atoms with Crippen molar-refractivity contribution in [2.45, 2.75) is 64.5 Å². The van der Waals surface area contributed by atoms with Crippen LogP contribution in [0.5, 0.6) is 5.75 Å². The standard InChI is InChI=1S/C19H30N2O3/c1-13-7-8-14(2)17(15(13)3)24-12-16(22)11-21-19(18(20)23)9-5-4-6-10-19/h7-8,16,21-22H,4-6,9-12H2,1-3H3,(H2,20,23). The van der Waals surface area contributed by atoms with E-state index >= 15 is 0 Å². The summed E-state index contributed by atoms with van der Waals surface area (Å²) in [5.74, 6) is 0.511. The van der Waals surface area contributed by atoms with Crippen molar-refractivity contribution in [1.29, 1.82) is 0 Å². The highest BCUT2D eigenvalue weighted by Crippen LogP contribution is 2.28. The molecule has 2 rings (SSSR count). The highest BCUT2D eigenvalue weighted by atomic mass is 16.5. The number of carbonyl (C=O) groups excluding carboxylic acids is 1. The molecule has 1 amide bonds. The second-order valence-corrected chi connectivity index (χ2v) is 7.01. The van der Waals surface area contributed by atoms with Gasteiger partial charge in [-0.15, -0.1) is 0 Å². The average molecular weight is 334 g/mol. The van der Waals surface area contributed by atoms with Gasteiger partial charge in [-0.25, -0.2) is 0 Å². The molecule has 1 atom stereocenters. The molecule has 0 saturated heterocycles. The molecule has 1 unspecified atom stereocenters. The number of primary amides is 1. The van der Waals surface area contributed by atoms with Gasteiger partial charge in [0.15, 0.2) is 0 Å². The van der Waals surface area contributed by atoms with Crippen molar-refractivity contribution < 1.29 is 14.6 Å². The van der Waals surface area contributed by atoms with E-state index in [0.717, 1.165) is 54.5 Å². The third kappa shape index (κ3) is 4.28. The van der Waals surface area contributed by atoms with Crippen molar-refractivity contribution in [3.63, 3.8) is 0 Å². The van der Waals surface area contributed by atoms with Crippen molar-refractivity contribution in [1.82, 2.24) is 5.32 Å². The number of nitrogens with one attached hydrogen (secondary N) is 1. The molecule has 134 valence electrons. The number of nitrogens with two attached hydrogens (primary N) is 1. The molecular weight excluding hydrogens is 304 g/mol. The Morgan fingerprint density at radius 2 is 1.88 bits per heavy atom. The lowest BCUT2D eigenvalue weighted by molar-refractivity contribution is -0.126. The van der Waals surface area contributed by atoms with Gasteiger partial charge in [-0.1, -0.05) is 31.4 Å². The first-order chi connectivity index (χ1) is 11.4. The Bertz CT molecular complexity index is 580. The number of carbonyl (C=O) groups is 1. The van der Waals surface area contributed by atoms with Crippen molar-refractivity contribution in [3.05, 3.63) is 28.8 Å². The first kappa shape index (κ1) is 18.7. The van der Waals surface area contributed by atoms with Crippen LogP contribution >= 0.6 is 0 Å². The van der Waals surface area contributed by atoms with E-state index in [2.05, 4.69) is 11.4 Å². The predicted octanol–water partition coefficient (Wildman–Crippen LogP) is 2.13. The van der Waals surface area contributed by atoms with Gasteiger partial charge in [0, 0.05) is 6.54 Å². The minimum absolute atomic E-state index is 0.187. The molecule has 5 heteroatoms. The summed E-state index contributed by atoms with van der Waals surface area (Å²) in [6.45, 7) is 6.54. The summed E-state index contributed by atoms with van der Waals surface area (Å²) in [5.41, 5.74) is 8.24.